The fourth-order valence-electron chi connectivity index (χ4n) is 3.23. The van der Waals surface area contributed by atoms with Gasteiger partial charge >= 0.3 is 0 Å². The van der Waals surface area contributed by atoms with Gasteiger partial charge in [-0.15, -0.1) is 0 Å². The van der Waals surface area contributed by atoms with E-state index < -0.39 is 0 Å². The van der Waals surface area contributed by atoms with Crippen LogP contribution in [-0.4, -0.2) is 21.9 Å². The van der Waals surface area contributed by atoms with E-state index in [4.69, 9.17) is 0 Å². The number of carbonyl (C=O) groups excluding carboxylic acids is 1. The van der Waals surface area contributed by atoms with Crippen LogP contribution in [0.25, 0.3) is 0 Å². The van der Waals surface area contributed by atoms with E-state index in [-0.39, 0.29) is 11.7 Å². The van der Waals surface area contributed by atoms with Crippen LogP contribution in [0.4, 0.5) is 4.39 Å². The van der Waals surface area contributed by atoms with Crippen molar-refractivity contribution in [3.63, 3.8) is 0 Å². The van der Waals surface area contributed by atoms with Crippen LogP contribution in [-0.2, 0) is 17.9 Å². The third-order valence-electron chi connectivity index (χ3n) is 4.78. The van der Waals surface area contributed by atoms with Crippen molar-refractivity contribution in [1.82, 2.24) is 9.47 Å². The van der Waals surface area contributed by atoms with Gasteiger partial charge in [-0.25, -0.2) is 4.39 Å². The van der Waals surface area contributed by atoms with Gasteiger partial charge in [0, 0.05) is 30.9 Å². The quantitative estimate of drug-likeness (QED) is 0.747. The number of aromatic nitrogens is 1. The maximum atomic E-state index is 13.4. The summed E-state index contributed by atoms with van der Waals surface area (Å²) >= 11 is 0. The number of nitrogens with zero attached hydrogens (tertiary/aromatic N) is 2. The van der Waals surface area contributed by atoms with Crippen molar-refractivity contribution in [2.24, 2.45) is 5.92 Å². The predicted octanol–water partition coefficient (Wildman–Crippen LogP) is 4.21. The zero-order valence-corrected chi connectivity index (χ0v) is 14.2. The second kappa shape index (κ2) is 7.65. The molecule has 1 aromatic carbocycles. The van der Waals surface area contributed by atoms with Gasteiger partial charge in [-0.2, -0.15) is 0 Å². The number of hydrogen-bond acceptors (Lipinski definition) is 1. The van der Waals surface area contributed by atoms with E-state index in [0.717, 1.165) is 37.1 Å². The van der Waals surface area contributed by atoms with Gasteiger partial charge < -0.3 is 9.47 Å². The lowest BCUT2D eigenvalue weighted by Crippen LogP contribution is -2.39. The average molecular weight is 328 g/mol. The molecule has 1 aromatic heterocycles. The highest BCUT2D eigenvalue weighted by molar-refractivity contribution is 5.79. The van der Waals surface area contributed by atoms with E-state index in [2.05, 4.69) is 17.6 Å². The van der Waals surface area contributed by atoms with E-state index in [1.807, 2.05) is 23.2 Å². The molecule has 0 bridgehead atoms. The molecule has 1 heterocycles. The second-order valence-corrected chi connectivity index (χ2v) is 6.64. The molecule has 0 aliphatic heterocycles. The normalized spacial score (nSPS) is 14.4. The highest BCUT2D eigenvalue weighted by atomic mass is 19.1. The van der Waals surface area contributed by atoms with E-state index in [1.165, 1.54) is 12.5 Å². The molecule has 0 radical (unpaired) electrons. The first-order valence-electron chi connectivity index (χ1n) is 8.84. The van der Waals surface area contributed by atoms with Gasteiger partial charge in [0.15, 0.2) is 0 Å². The van der Waals surface area contributed by atoms with Crippen molar-refractivity contribution in [3.05, 3.63) is 59.7 Å². The molecule has 3 rings (SSSR count). The van der Waals surface area contributed by atoms with Gasteiger partial charge in [-0.1, -0.05) is 25.5 Å². The molecule has 3 nitrogen and oxygen atoms in total. The summed E-state index contributed by atoms with van der Waals surface area (Å²) in [6, 6.07) is 10.7. The van der Waals surface area contributed by atoms with Crippen molar-refractivity contribution >= 4 is 5.91 Å². The Hall–Kier alpha value is -2.10. The minimum Gasteiger partial charge on any atom is -0.345 e. The largest absolute Gasteiger partial charge is 0.345 e. The molecule has 4 heteroatoms. The fourth-order valence-corrected chi connectivity index (χ4v) is 3.23. The number of halogens is 1. The first-order chi connectivity index (χ1) is 11.7. The topological polar surface area (TPSA) is 25.2 Å². The molecule has 1 aliphatic rings. The molecule has 0 spiro atoms. The van der Waals surface area contributed by atoms with Crippen LogP contribution < -0.4 is 0 Å². The lowest BCUT2D eigenvalue weighted by atomic mass is 9.84. The Kier molecular flexibility index (Phi) is 5.34. The number of hydrogen-bond donors (Lipinski definition) is 0. The Bertz CT molecular complexity index is 690. The lowest BCUT2D eigenvalue weighted by molar-refractivity contribution is -0.138. The highest BCUT2D eigenvalue weighted by Gasteiger charge is 2.29. The zero-order chi connectivity index (χ0) is 16.9. The summed E-state index contributed by atoms with van der Waals surface area (Å²) in [4.78, 5) is 14.6. The first-order valence-corrected chi connectivity index (χ1v) is 8.84. The predicted molar refractivity (Wildman–Crippen MR) is 93.0 cm³/mol. The number of benzene rings is 1. The molecule has 0 unspecified atom stereocenters. The van der Waals surface area contributed by atoms with Crippen molar-refractivity contribution in [2.75, 3.05) is 6.54 Å². The third kappa shape index (κ3) is 3.86. The second-order valence-electron chi connectivity index (χ2n) is 6.64. The molecule has 0 atom stereocenters. The standard InChI is InChI=1S/C20H25FN2O/c1-2-11-23(20(24)17-7-4-8-17)15-19-10-5-12-22(19)14-16-6-3-9-18(21)13-16/h3,5-6,9-10,12-13,17H,2,4,7-8,11,14-15H2,1H3. The average Bonchev–Trinajstić information content (AvgIpc) is 2.92. The van der Waals surface area contributed by atoms with Crippen LogP contribution in [0.1, 0.15) is 43.9 Å². The van der Waals surface area contributed by atoms with Gasteiger partial charge in [0.2, 0.25) is 5.91 Å². The van der Waals surface area contributed by atoms with Crippen molar-refractivity contribution < 1.29 is 9.18 Å². The van der Waals surface area contributed by atoms with Crippen molar-refractivity contribution in [1.29, 1.82) is 0 Å². The van der Waals surface area contributed by atoms with Crippen LogP contribution in [0, 0.1) is 11.7 Å². The van der Waals surface area contributed by atoms with Gasteiger partial charge in [-0.05, 0) is 49.1 Å². The van der Waals surface area contributed by atoms with E-state index in [1.54, 1.807) is 12.1 Å². The summed E-state index contributed by atoms with van der Waals surface area (Å²) in [5, 5.41) is 0. The van der Waals surface area contributed by atoms with Crippen LogP contribution >= 0.6 is 0 Å². The maximum Gasteiger partial charge on any atom is 0.226 e. The van der Waals surface area contributed by atoms with E-state index in [0.29, 0.717) is 19.0 Å². The summed E-state index contributed by atoms with van der Waals surface area (Å²) in [5.41, 5.74) is 2.03. The smallest absolute Gasteiger partial charge is 0.226 e. The summed E-state index contributed by atoms with van der Waals surface area (Å²) in [6.07, 6.45) is 6.19. The summed E-state index contributed by atoms with van der Waals surface area (Å²) in [6.45, 7) is 4.15. The molecule has 1 amide bonds. The minimum absolute atomic E-state index is 0.214. The van der Waals surface area contributed by atoms with Crippen LogP contribution in [0.2, 0.25) is 0 Å². The molecule has 0 saturated heterocycles. The van der Waals surface area contributed by atoms with Gasteiger partial charge in [0.1, 0.15) is 5.82 Å². The Morgan fingerprint density at radius 3 is 2.79 bits per heavy atom. The van der Waals surface area contributed by atoms with Crippen molar-refractivity contribution in [3.8, 4) is 0 Å². The molecule has 2 aromatic rings. The fraction of sp³-hybridized carbons (Fsp3) is 0.450. The molecule has 24 heavy (non-hydrogen) atoms. The highest BCUT2D eigenvalue weighted by Crippen LogP contribution is 2.29. The van der Waals surface area contributed by atoms with Gasteiger partial charge in [-0.3, -0.25) is 4.79 Å². The summed E-state index contributed by atoms with van der Waals surface area (Å²) in [5.74, 6) is 0.304. The molecular weight excluding hydrogens is 303 g/mol. The van der Waals surface area contributed by atoms with Crippen LogP contribution in [0.5, 0.6) is 0 Å². The molecule has 1 saturated carbocycles. The molecule has 1 fully saturated rings. The van der Waals surface area contributed by atoms with Crippen LogP contribution in [0.15, 0.2) is 42.6 Å². The van der Waals surface area contributed by atoms with Crippen molar-refractivity contribution in [2.45, 2.75) is 45.7 Å². The molecule has 128 valence electrons. The summed E-state index contributed by atoms with van der Waals surface area (Å²) < 4.78 is 15.5. The monoisotopic (exact) mass is 328 g/mol. The summed E-state index contributed by atoms with van der Waals surface area (Å²) in [7, 11) is 0. The Morgan fingerprint density at radius 2 is 2.12 bits per heavy atom. The van der Waals surface area contributed by atoms with Gasteiger partial charge in [0.05, 0.1) is 6.54 Å². The van der Waals surface area contributed by atoms with E-state index in [9.17, 15) is 9.18 Å². The van der Waals surface area contributed by atoms with Gasteiger partial charge in [0.25, 0.3) is 0 Å². The Morgan fingerprint density at radius 1 is 1.29 bits per heavy atom. The molecular formula is C20H25FN2O. The number of carbonyl (C=O) groups is 1. The molecule has 0 N–H and O–H groups in total. The number of amides is 1. The Balaban J connectivity index is 1.72. The first kappa shape index (κ1) is 16.7. The lowest BCUT2D eigenvalue weighted by Gasteiger charge is -2.31. The van der Waals surface area contributed by atoms with Crippen LogP contribution in [0.3, 0.4) is 0 Å². The van der Waals surface area contributed by atoms with E-state index >= 15 is 0 Å². The Labute approximate surface area is 143 Å². The maximum absolute atomic E-state index is 13.4. The number of rotatable bonds is 7. The third-order valence-corrected chi connectivity index (χ3v) is 4.78. The SMILES string of the molecule is CCCN(Cc1cccn1Cc1cccc(F)c1)C(=O)C1CCC1. The molecule has 1 aliphatic carbocycles. The minimum atomic E-state index is -0.214. The zero-order valence-electron chi connectivity index (χ0n) is 14.2.